The van der Waals surface area contributed by atoms with Crippen molar-refractivity contribution in [1.82, 2.24) is 10.3 Å². The van der Waals surface area contributed by atoms with E-state index >= 15 is 0 Å². The third-order valence-corrected chi connectivity index (χ3v) is 3.06. The molecule has 1 atom stereocenters. The zero-order valence-corrected chi connectivity index (χ0v) is 11.7. The fourth-order valence-electron chi connectivity index (χ4n) is 1.38. The van der Waals surface area contributed by atoms with E-state index in [1.807, 2.05) is 0 Å². The molecular weight excluding hydrogens is 238 g/mol. The average molecular weight is 259 g/mol. The van der Waals surface area contributed by atoms with Crippen LogP contribution in [0.4, 0.5) is 0 Å². The standard InChI is InChI=1S/C15H21N3O/c1-11(2)12(3)8-18-15(19)14-7-13(5-4-6-16)9-17-10-14/h7,9-12H,6,8,16H2,1-3H3,(H,18,19). The Hall–Kier alpha value is -1.86. The van der Waals surface area contributed by atoms with Crippen molar-refractivity contribution in [2.45, 2.75) is 20.8 Å². The average Bonchev–Trinajstić information content (AvgIpc) is 2.42. The molecule has 0 aliphatic heterocycles. The fraction of sp³-hybridized carbons (Fsp3) is 0.467. The van der Waals surface area contributed by atoms with E-state index in [1.165, 1.54) is 0 Å². The molecule has 4 nitrogen and oxygen atoms in total. The summed E-state index contributed by atoms with van der Waals surface area (Å²) in [6.45, 7) is 7.35. The molecule has 1 unspecified atom stereocenters. The molecule has 0 fully saturated rings. The number of nitrogens with one attached hydrogen (secondary N) is 1. The van der Waals surface area contributed by atoms with E-state index in [-0.39, 0.29) is 5.91 Å². The molecule has 0 aliphatic carbocycles. The lowest BCUT2D eigenvalue weighted by atomic mass is 9.98. The van der Waals surface area contributed by atoms with Crippen LogP contribution in [0.5, 0.6) is 0 Å². The Balaban J connectivity index is 2.67. The number of pyridine rings is 1. The van der Waals surface area contributed by atoms with Crippen molar-refractivity contribution >= 4 is 5.91 Å². The van der Waals surface area contributed by atoms with Crippen LogP contribution in [0.1, 0.15) is 36.7 Å². The van der Waals surface area contributed by atoms with Gasteiger partial charge < -0.3 is 11.1 Å². The highest BCUT2D eigenvalue weighted by Crippen LogP contribution is 2.08. The third-order valence-electron chi connectivity index (χ3n) is 3.06. The van der Waals surface area contributed by atoms with Gasteiger partial charge in [-0.25, -0.2) is 0 Å². The molecule has 1 amide bonds. The van der Waals surface area contributed by atoms with Crippen LogP contribution < -0.4 is 11.1 Å². The fourth-order valence-corrected chi connectivity index (χ4v) is 1.38. The van der Waals surface area contributed by atoms with Crippen LogP contribution in [0, 0.1) is 23.7 Å². The Bertz CT molecular complexity index is 486. The van der Waals surface area contributed by atoms with Gasteiger partial charge >= 0.3 is 0 Å². The largest absolute Gasteiger partial charge is 0.352 e. The van der Waals surface area contributed by atoms with Gasteiger partial charge in [0.1, 0.15) is 0 Å². The van der Waals surface area contributed by atoms with E-state index in [0.717, 1.165) is 0 Å². The number of hydrogen-bond donors (Lipinski definition) is 2. The molecular formula is C15H21N3O. The molecule has 1 aromatic rings. The van der Waals surface area contributed by atoms with Gasteiger partial charge in [0.05, 0.1) is 12.1 Å². The van der Waals surface area contributed by atoms with Gasteiger partial charge in [0.2, 0.25) is 0 Å². The minimum absolute atomic E-state index is 0.114. The normalized spacial score (nSPS) is 11.6. The van der Waals surface area contributed by atoms with Crippen molar-refractivity contribution in [3.63, 3.8) is 0 Å². The molecule has 1 heterocycles. The quantitative estimate of drug-likeness (QED) is 0.803. The number of rotatable bonds is 4. The molecule has 102 valence electrons. The van der Waals surface area contributed by atoms with Crippen molar-refractivity contribution in [2.24, 2.45) is 17.6 Å². The summed E-state index contributed by atoms with van der Waals surface area (Å²) in [5.74, 6) is 6.48. The smallest absolute Gasteiger partial charge is 0.252 e. The Labute approximate surface area is 114 Å². The summed E-state index contributed by atoms with van der Waals surface area (Å²) in [4.78, 5) is 16.0. The van der Waals surface area contributed by atoms with Crippen LogP contribution >= 0.6 is 0 Å². The van der Waals surface area contributed by atoms with E-state index < -0.39 is 0 Å². The minimum atomic E-state index is -0.114. The van der Waals surface area contributed by atoms with Crippen molar-refractivity contribution in [2.75, 3.05) is 13.1 Å². The maximum atomic E-state index is 12.0. The molecule has 0 aromatic carbocycles. The van der Waals surface area contributed by atoms with Crippen LogP contribution in [0.25, 0.3) is 0 Å². The lowest BCUT2D eigenvalue weighted by Gasteiger charge is -2.15. The Kier molecular flexibility index (Phi) is 6.04. The summed E-state index contributed by atoms with van der Waals surface area (Å²) in [5, 5.41) is 2.91. The van der Waals surface area contributed by atoms with Gasteiger partial charge in [-0.2, -0.15) is 0 Å². The molecule has 0 radical (unpaired) electrons. The summed E-state index contributed by atoms with van der Waals surface area (Å²) in [5.41, 5.74) is 6.54. The van der Waals surface area contributed by atoms with Crippen molar-refractivity contribution < 1.29 is 4.79 Å². The second kappa shape index (κ2) is 7.55. The zero-order chi connectivity index (χ0) is 14.3. The summed E-state index contributed by atoms with van der Waals surface area (Å²) in [6, 6.07) is 1.73. The van der Waals surface area contributed by atoms with Crippen LogP contribution in [-0.2, 0) is 0 Å². The Morgan fingerprint density at radius 2 is 2.16 bits per heavy atom. The predicted octanol–water partition coefficient (Wildman–Crippen LogP) is 1.41. The molecule has 1 rings (SSSR count). The number of carbonyl (C=O) groups is 1. The summed E-state index contributed by atoms with van der Waals surface area (Å²) in [7, 11) is 0. The van der Waals surface area contributed by atoms with Gasteiger partial charge in [0.15, 0.2) is 0 Å². The van der Waals surface area contributed by atoms with E-state index in [2.05, 4.69) is 42.9 Å². The maximum absolute atomic E-state index is 12.0. The minimum Gasteiger partial charge on any atom is -0.352 e. The lowest BCUT2D eigenvalue weighted by Crippen LogP contribution is -2.30. The van der Waals surface area contributed by atoms with Gasteiger partial charge in [-0.3, -0.25) is 9.78 Å². The summed E-state index contributed by atoms with van der Waals surface area (Å²) >= 11 is 0. The number of amides is 1. The van der Waals surface area contributed by atoms with Gasteiger partial charge in [0.25, 0.3) is 5.91 Å². The molecule has 3 N–H and O–H groups in total. The highest BCUT2D eigenvalue weighted by atomic mass is 16.1. The highest BCUT2D eigenvalue weighted by molar-refractivity contribution is 5.94. The Morgan fingerprint density at radius 1 is 1.42 bits per heavy atom. The van der Waals surface area contributed by atoms with E-state index in [9.17, 15) is 4.79 Å². The van der Waals surface area contributed by atoms with Crippen molar-refractivity contribution in [3.05, 3.63) is 29.6 Å². The zero-order valence-electron chi connectivity index (χ0n) is 11.7. The van der Waals surface area contributed by atoms with E-state index in [1.54, 1.807) is 18.5 Å². The molecule has 4 heteroatoms. The Morgan fingerprint density at radius 3 is 2.79 bits per heavy atom. The lowest BCUT2D eigenvalue weighted by molar-refractivity contribution is 0.0944. The number of nitrogens with zero attached hydrogens (tertiary/aromatic N) is 1. The molecule has 1 aromatic heterocycles. The monoisotopic (exact) mass is 259 g/mol. The van der Waals surface area contributed by atoms with Crippen LogP contribution in [0.3, 0.4) is 0 Å². The maximum Gasteiger partial charge on any atom is 0.252 e. The van der Waals surface area contributed by atoms with Crippen molar-refractivity contribution in [1.29, 1.82) is 0 Å². The van der Waals surface area contributed by atoms with Gasteiger partial charge in [0, 0.05) is 24.5 Å². The second-order valence-corrected chi connectivity index (χ2v) is 4.90. The van der Waals surface area contributed by atoms with Gasteiger partial charge in [-0.05, 0) is 17.9 Å². The first-order chi connectivity index (χ1) is 9.04. The number of aromatic nitrogens is 1. The molecule has 0 bridgehead atoms. The predicted molar refractivity (Wildman–Crippen MR) is 76.5 cm³/mol. The third kappa shape index (κ3) is 5.11. The molecule has 0 saturated heterocycles. The molecule has 0 saturated carbocycles. The molecule has 19 heavy (non-hydrogen) atoms. The van der Waals surface area contributed by atoms with Crippen molar-refractivity contribution in [3.8, 4) is 11.8 Å². The molecule has 0 aliphatic rings. The van der Waals surface area contributed by atoms with Crippen LogP contribution in [0.15, 0.2) is 18.5 Å². The first-order valence-corrected chi connectivity index (χ1v) is 6.46. The van der Waals surface area contributed by atoms with Gasteiger partial charge in [-0.1, -0.05) is 32.6 Å². The number of carbonyl (C=O) groups excluding carboxylic acids is 1. The van der Waals surface area contributed by atoms with Crippen LogP contribution in [-0.4, -0.2) is 24.0 Å². The van der Waals surface area contributed by atoms with E-state index in [4.69, 9.17) is 5.73 Å². The number of nitrogens with two attached hydrogens (primary N) is 1. The second-order valence-electron chi connectivity index (χ2n) is 4.90. The summed E-state index contributed by atoms with van der Waals surface area (Å²) < 4.78 is 0. The highest BCUT2D eigenvalue weighted by Gasteiger charge is 2.10. The van der Waals surface area contributed by atoms with Crippen LogP contribution in [0.2, 0.25) is 0 Å². The van der Waals surface area contributed by atoms with E-state index in [0.29, 0.717) is 36.1 Å². The summed E-state index contributed by atoms with van der Waals surface area (Å²) in [6.07, 6.45) is 3.17. The van der Waals surface area contributed by atoms with Gasteiger partial charge in [-0.15, -0.1) is 0 Å². The molecule has 0 spiro atoms. The first kappa shape index (κ1) is 15.2. The SMILES string of the molecule is CC(C)C(C)CNC(=O)c1cncc(C#CCN)c1. The topological polar surface area (TPSA) is 68.0 Å². The first-order valence-electron chi connectivity index (χ1n) is 6.46. The number of hydrogen-bond acceptors (Lipinski definition) is 3.